The maximum Gasteiger partial charge on any atom is 0.189 e. The Bertz CT molecular complexity index is 611. The number of fused-ring (bicyclic) bond motifs is 1. The first kappa shape index (κ1) is 11.6. The van der Waals surface area contributed by atoms with Crippen molar-refractivity contribution >= 4 is 16.7 Å². The van der Waals surface area contributed by atoms with Crippen LogP contribution >= 0.6 is 0 Å². The highest BCUT2D eigenvalue weighted by molar-refractivity contribution is 5.84. The molecule has 17 heavy (non-hydrogen) atoms. The summed E-state index contributed by atoms with van der Waals surface area (Å²) in [4.78, 5) is 23.4. The molecule has 1 aromatic heterocycles. The third kappa shape index (κ3) is 2.28. The molecule has 0 saturated heterocycles. The van der Waals surface area contributed by atoms with Gasteiger partial charge in [0.15, 0.2) is 11.2 Å². The molecule has 1 heterocycles. The zero-order valence-corrected chi connectivity index (χ0v) is 10.0. The van der Waals surface area contributed by atoms with Gasteiger partial charge in [-0.2, -0.15) is 0 Å². The van der Waals surface area contributed by atoms with E-state index in [1.165, 1.54) is 6.07 Å². The van der Waals surface area contributed by atoms with Crippen LogP contribution in [0.2, 0.25) is 0 Å². The third-order valence-corrected chi connectivity index (χ3v) is 2.85. The van der Waals surface area contributed by atoms with Gasteiger partial charge in [0.05, 0.1) is 12.1 Å². The summed E-state index contributed by atoms with van der Waals surface area (Å²) >= 11 is 0. The van der Waals surface area contributed by atoms with Gasteiger partial charge in [0, 0.05) is 23.6 Å². The second kappa shape index (κ2) is 4.53. The van der Waals surface area contributed by atoms with E-state index in [0.717, 1.165) is 5.52 Å². The first-order valence-corrected chi connectivity index (χ1v) is 5.70. The molecule has 0 amide bonds. The van der Waals surface area contributed by atoms with Crippen molar-refractivity contribution in [3.05, 3.63) is 46.8 Å². The Morgan fingerprint density at radius 3 is 2.65 bits per heavy atom. The number of rotatable bonds is 3. The molecule has 0 radical (unpaired) electrons. The lowest BCUT2D eigenvalue weighted by Crippen LogP contribution is -2.17. The molecule has 3 nitrogen and oxygen atoms in total. The molecule has 0 fully saturated rings. The van der Waals surface area contributed by atoms with Gasteiger partial charge < -0.3 is 4.57 Å². The zero-order chi connectivity index (χ0) is 12.4. The van der Waals surface area contributed by atoms with E-state index in [9.17, 15) is 9.59 Å². The highest BCUT2D eigenvalue weighted by Crippen LogP contribution is 2.10. The van der Waals surface area contributed by atoms with Crippen molar-refractivity contribution in [3.63, 3.8) is 0 Å². The number of hydrogen-bond donors (Lipinski definition) is 0. The van der Waals surface area contributed by atoms with Crippen molar-refractivity contribution < 1.29 is 4.79 Å². The minimum Gasteiger partial charge on any atom is -0.340 e. The van der Waals surface area contributed by atoms with Crippen LogP contribution in [-0.2, 0) is 11.3 Å². The van der Waals surface area contributed by atoms with E-state index in [2.05, 4.69) is 0 Å². The minimum atomic E-state index is -0.00570. The van der Waals surface area contributed by atoms with Crippen LogP contribution in [0.4, 0.5) is 0 Å². The lowest BCUT2D eigenvalue weighted by atomic mass is 10.1. The Hall–Kier alpha value is -1.90. The van der Waals surface area contributed by atoms with E-state index >= 15 is 0 Å². The summed E-state index contributed by atoms with van der Waals surface area (Å²) in [6.07, 6.45) is 1.69. The van der Waals surface area contributed by atoms with E-state index in [0.29, 0.717) is 11.9 Å². The largest absolute Gasteiger partial charge is 0.340 e. The summed E-state index contributed by atoms with van der Waals surface area (Å²) in [6, 6.07) is 8.87. The Labute approximate surface area is 99.7 Å². The highest BCUT2D eigenvalue weighted by Gasteiger charge is 2.09. The number of nitrogens with zero attached hydrogens (tertiary/aromatic N) is 1. The summed E-state index contributed by atoms with van der Waals surface area (Å²) in [5, 5.41) is 0.659. The first-order chi connectivity index (χ1) is 8.09. The van der Waals surface area contributed by atoms with Gasteiger partial charge in [0.25, 0.3) is 0 Å². The van der Waals surface area contributed by atoms with Gasteiger partial charge in [0.2, 0.25) is 0 Å². The number of hydrogen-bond acceptors (Lipinski definition) is 2. The Kier molecular flexibility index (Phi) is 3.09. The predicted octanol–water partition coefficient (Wildman–Crippen LogP) is 2.23. The van der Waals surface area contributed by atoms with Crippen LogP contribution in [0.3, 0.4) is 0 Å². The van der Waals surface area contributed by atoms with Crippen LogP contribution in [0, 0.1) is 5.92 Å². The number of benzene rings is 1. The smallest absolute Gasteiger partial charge is 0.189 e. The van der Waals surface area contributed by atoms with Gasteiger partial charge in [-0.05, 0) is 12.1 Å². The molecule has 0 N–H and O–H groups in total. The normalized spacial score (nSPS) is 11.0. The molecule has 0 atom stereocenters. The molecular formula is C14H15NO2. The molecule has 0 aliphatic heterocycles. The number of Topliss-reactive ketones (excluding diaryl/α,β-unsaturated/α-hetero) is 1. The van der Waals surface area contributed by atoms with Gasteiger partial charge in [0.1, 0.15) is 0 Å². The molecule has 0 bridgehead atoms. The van der Waals surface area contributed by atoms with Gasteiger partial charge in [-0.3, -0.25) is 9.59 Å². The monoisotopic (exact) mass is 229 g/mol. The van der Waals surface area contributed by atoms with Crippen LogP contribution in [0.1, 0.15) is 13.8 Å². The van der Waals surface area contributed by atoms with Crippen LogP contribution in [0.15, 0.2) is 41.3 Å². The van der Waals surface area contributed by atoms with Crippen molar-refractivity contribution in [2.24, 2.45) is 5.92 Å². The molecule has 0 aliphatic carbocycles. The minimum absolute atomic E-state index is 0.00570. The molecule has 1 aromatic carbocycles. The molecular weight excluding hydrogens is 214 g/mol. The topological polar surface area (TPSA) is 39.1 Å². The molecule has 2 rings (SSSR count). The number of aromatic nitrogens is 1. The second-order valence-electron chi connectivity index (χ2n) is 4.45. The maximum atomic E-state index is 11.7. The first-order valence-electron chi connectivity index (χ1n) is 5.70. The number of carbonyl (C=O) groups excluding carboxylic acids is 1. The molecule has 88 valence electrons. The van der Waals surface area contributed by atoms with E-state index in [1.54, 1.807) is 12.3 Å². The van der Waals surface area contributed by atoms with Crippen LogP contribution in [0.5, 0.6) is 0 Å². The van der Waals surface area contributed by atoms with Gasteiger partial charge in [-0.25, -0.2) is 0 Å². The average Bonchev–Trinajstić information content (AvgIpc) is 2.33. The summed E-state index contributed by atoms with van der Waals surface area (Å²) in [7, 11) is 0. The lowest BCUT2D eigenvalue weighted by molar-refractivity contribution is -0.122. The highest BCUT2D eigenvalue weighted by atomic mass is 16.1. The van der Waals surface area contributed by atoms with Crippen molar-refractivity contribution in [3.8, 4) is 0 Å². The molecule has 0 saturated carbocycles. The summed E-state index contributed by atoms with van der Waals surface area (Å²) in [5.41, 5.74) is 0.808. The van der Waals surface area contributed by atoms with Crippen LogP contribution in [0.25, 0.3) is 10.9 Å². The lowest BCUT2D eigenvalue weighted by Gasteiger charge is -2.11. The van der Waals surface area contributed by atoms with Crippen LogP contribution in [-0.4, -0.2) is 10.4 Å². The molecule has 0 unspecified atom stereocenters. The standard InChI is InChI=1S/C14H15NO2/c1-10(2)14(17)9-15-8-7-13(16)11-5-3-4-6-12(11)15/h3-8,10H,9H2,1-2H3. The fraction of sp³-hybridized carbons (Fsp3) is 0.286. The van der Waals surface area contributed by atoms with Gasteiger partial charge >= 0.3 is 0 Å². The molecule has 3 heteroatoms. The number of pyridine rings is 1. The second-order valence-corrected chi connectivity index (χ2v) is 4.45. The Morgan fingerprint density at radius 1 is 1.24 bits per heavy atom. The fourth-order valence-electron chi connectivity index (χ4n) is 1.75. The summed E-state index contributed by atoms with van der Waals surface area (Å²) < 4.78 is 1.83. The predicted molar refractivity (Wildman–Crippen MR) is 68.1 cm³/mol. The van der Waals surface area contributed by atoms with Gasteiger partial charge in [-0.1, -0.05) is 26.0 Å². The number of para-hydroxylation sites is 1. The molecule has 0 spiro atoms. The Morgan fingerprint density at radius 2 is 1.94 bits per heavy atom. The average molecular weight is 229 g/mol. The molecule has 0 aliphatic rings. The number of carbonyl (C=O) groups is 1. The van der Waals surface area contributed by atoms with Crippen molar-refractivity contribution in [1.82, 2.24) is 4.57 Å². The van der Waals surface area contributed by atoms with E-state index in [1.807, 2.05) is 36.6 Å². The zero-order valence-electron chi connectivity index (χ0n) is 10.0. The summed E-state index contributed by atoms with van der Waals surface area (Å²) in [5.74, 6) is 0.173. The van der Waals surface area contributed by atoms with Gasteiger partial charge in [-0.15, -0.1) is 0 Å². The molecule has 2 aromatic rings. The third-order valence-electron chi connectivity index (χ3n) is 2.85. The van der Waals surface area contributed by atoms with Crippen LogP contribution < -0.4 is 5.43 Å². The Balaban J connectivity index is 2.52. The maximum absolute atomic E-state index is 11.7. The fourth-order valence-corrected chi connectivity index (χ4v) is 1.75. The van der Waals surface area contributed by atoms with Crippen molar-refractivity contribution in [2.45, 2.75) is 20.4 Å². The van der Waals surface area contributed by atoms with E-state index < -0.39 is 0 Å². The van der Waals surface area contributed by atoms with E-state index in [4.69, 9.17) is 0 Å². The van der Waals surface area contributed by atoms with Crippen molar-refractivity contribution in [2.75, 3.05) is 0 Å². The quantitative estimate of drug-likeness (QED) is 0.809. The SMILES string of the molecule is CC(C)C(=O)Cn1ccc(=O)c2ccccc21. The summed E-state index contributed by atoms with van der Waals surface area (Å²) in [6.45, 7) is 4.08. The van der Waals surface area contributed by atoms with Crippen molar-refractivity contribution in [1.29, 1.82) is 0 Å². The number of ketones is 1. The van der Waals surface area contributed by atoms with E-state index in [-0.39, 0.29) is 17.1 Å².